The van der Waals surface area contributed by atoms with Gasteiger partial charge in [0.15, 0.2) is 11.6 Å². The third kappa shape index (κ3) is 3.84. The van der Waals surface area contributed by atoms with Gasteiger partial charge >= 0.3 is 0 Å². The first-order chi connectivity index (χ1) is 13.5. The molecule has 2 saturated heterocycles. The predicted molar refractivity (Wildman–Crippen MR) is 105 cm³/mol. The van der Waals surface area contributed by atoms with Gasteiger partial charge in [-0.15, -0.1) is 0 Å². The van der Waals surface area contributed by atoms with Gasteiger partial charge < -0.3 is 19.6 Å². The number of hydrogen-bond acceptors (Lipinski definition) is 7. The van der Waals surface area contributed by atoms with E-state index in [2.05, 4.69) is 19.9 Å². The monoisotopic (exact) mass is 407 g/mol. The van der Waals surface area contributed by atoms with E-state index in [0.29, 0.717) is 31.3 Å². The molecule has 2 aromatic rings. The van der Waals surface area contributed by atoms with Gasteiger partial charge in [-0.25, -0.2) is 14.4 Å². The molecule has 1 unspecified atom stereocenters. The van der Waals surface area contributed by atoms with Crippen LogP contribution in [0.5, 0.6) is 5.88 Å². The van der Waals surface area contributed by atoms with Crippen molar-refractivity contribution in [1.29, 1.82) is 0 Å². The van der Waals surface area contributed by atoms with E-state index in [1.54, 1.807) is 19.4 Å². The molecule has 0 bridgehead atoms. The topological polar surface area (TPSA) is 74.6 Å². The van der Waals surface area contributed by atoms with Gasteiger partial charge in [-0.1, -0.05) is 11.6 Å². The summed E-state index contributed by atoms with van der Waals surface area (Å²) in [5, 5.41) is 10.7. The number of rotatable bonds is 3. The molecular formula is C19H23ClFN5O2. The van der Waals surface area contributed by atoms with E-state index < -0.39 is 11.9 Å². The van der Waals surface area contributed by atoms with Crippen LogP contribution in [0.15, 0.2) is 24.5 Å². The Hall–Kier alpha value is -2.19. The Balaban J connectivity index is 1.49. The average Bonchev–Trinajstić information content (AvgIpc) is 2.68. The molecule has 150 valence electrons. The van der Waals surface area contributed by atoms with Crippen molar-refractivity contribution in [2.45, 2.75) is 25.4 Å². The van der Waals surface area contributed by atoms with E-state index in [0.717, 1.165) is 25.9 Å². The highest BCUT2D eigenvalue weighted by Gasteiger charge is 2.42. The van der Waals surface area contributed by atoms with Crippen LogP contribution in [-0.4, -0.2) is 59.5 Å². The number of ether oxygens (including phenoxy) is 1. The van der Waals surface area contributed by atoms with Crippen LogP contribution in [0.1, 0.15) is 19.3 Å². The van der Waals surface area contributed by atoms with Gasteiger partial charge in [-0.2, -0.15) is 4.98 Å². The molecule has 0 aliphatic carbocycles. The number of aliphatic hydroxyl groups excluding tert-OH is 1. The fraction of sp³-hybridized carbons (Fsp3) is 0.526. The molecule has 0 amide bonds. The zero-order chi connectivity index (χ0) is 19.7. The second-order valence-corrected chi connectivity index (χ2v) is 8.02. The molecule has 2 aliphatic rings. The standard InChI is InChI=1S/C19H23ClFN5O2/c1-28-16-2-5-22-18(24-16)25-6-3-19(4-7-25)9-14(27)11-26(12-19)17-15(21)8-13(20)10-23-17/h2,5,8,10,14,27H,3-4,6-7,9,11-12H2,1H3. The zero-order valence-corrected chi connectivity index (χ0v) is 16.4. The van der Waals surface area contributed by atoms with Crippen LogP contribution in [0.25, 0.3) is 0 Å². The summed E-state index contributed by atoms with van der Waals surface area (Å²) in [7, 11) is 1.58. The van der Waals surface area contributed by atoms with Crippen molar-refractivity contribution in [1.82, 2.24) is 15.0 Å². The summed E-state index contributed by atoms with van der Waals surface area (Å²) >= 11 is 5.83. The molecule has 2 fully saturated rings. The number of β-amino-alcohol motifs (C(OH)–C–C–N with tert-alkyl or cyclic N) is 1. The van der Waals surface area contributed by atoms with Crippen molar-refractivity contribution in [3.05, 3.63) is 35.4 Å². The highest BCUT2D eigenvalue weighted by molar-refractivity contribution is 6.30. The van der Waals surface area contributed by atoms with E-state index in [-0.39, 0.29) is 16.3 Å². The molecule has 1 N–H and O–H groups in total. The van der Waals surface area contributed by atoms with Crippen LogP contribution in [0.4, 0.5) is 16.2 Å². The lowest BCUT2D eigenvalue weighted by molar-refractivity contribution is 0.0591. The van der Waals surface area contributed by atoms with Gasteiger partial charge in [-0.05, 0) is 30.7 Å². The fourth-order valence-electron chi connectivity index (χ4n) is 4.30. The average molecular weight is 408 g/mol. The summed E-state index contributed by atoms with van der Waals surface area (Å²) in [6, 6.07) is 2.98. The van der Waals surface area contributed by atoms with Crippen LogP contribution in [0.2, 0.25) is 5.02 Å². The van der Waals surface area contributed by atoms with Crippen LogP contribution < -0.4 is 14.5 Å². The predicted octanol–water partition coefficient (Wildman–Crippen LogP) is 2.53. The first-order valence-electron chi connectivity index (χ1n) is 9.34. The van der Waals surface area contributed by atoms with Crippen LogP contribution in [0, 0.1) is 11.2 Å². The van der Waals surface area contributed by atoms with Crippen LogP contribution >= 0.6 is 11.6 Å². The number of anilines is 2. The highest BCUT2D eigenvalue weighted by Crippen LogP contribution is 2.42. The van der Waals surface area contributed by atoms with Crippen LogP contribution in [-0.2, 0) is 0 Å². The summed E-state index contributed by atoms with van der Waals surface area (Å²) in [5.41, 5.74) is -0.0964. The number of pyridine rings is 1. The largest absolute Gasteiger partial charge is 0.481 e. The van der Waals surface area contributed by atoms with Crippen molar-refractivity contribution in [2.75, 3.05) is 43.1 Å². The fourth-order valence-corrected chi connectivity index (χ4v) is 4.44. The molecule has 0 radical (unpaired) electrons. The molecule has 1 spiro atoms. The van der Waals surface area contributed by atoms with Gasteiger partial charge in [0.1, 0.15) is 0 Å². The normalized spacial score (nSPS) is 21.8. The van der Waals surface area contributed by atoms with E-state index >= 15 is 0 Å². The van der Waals surface area contributed by atoms with Gasteiger partial charge in [0.05, 0.1) is 18.2 Å². The molecule has 7 nitrogen and oxygen atoms in total. The Bertz CT molecular complexity index is 847. The van der Waals surface area contributed by atoms with E-state index in [4.69, 9.17) is 16.3 Å². The molecule has 4 heterocycles. The number of aromatic nitrogens is 3. The number of halogens is 2. The lowest BCUT2D eigenvalue weighted by Gasteiger charge is -2.49. The van der Waals surface area contributed by atoms with Crippen LogP contribution in [0.3, 0.4) is 0 Å². The lowest BCUT2D eigenvalue weighted by Crippen LogP contribution is -2.54. The van der Waals surface area contributed by atoms with Crippen molar-refractivity contribution < 1.29 is 14.2 Å². The third-order valence-electron chi connectivity index (χ3n) is 5.65. The Kier molecular flexibility index (Phi) is 5.25. The Morgan fingerprint density at radius 1 is 1.29 bits per heavy atom. The Morgan fingerprint density at radius 2 is 2.07 bits per heavy atom. The smallest absolute Gasteiger partial charge is 0.228 e. The van der Waals surface area contributed by atoms with Crippen molar-refractivity contribution in [3.8, 4) is 5.88 Å². The minimum Gasteiger partial charge on any atom is -0.481 e. The summed E-state index contributed by atoms with van der Waals surface area (Å²) in [5.74, 6) is 0.974. The van der Waals surface area contributed by atoms with Gasteiger partial charge in [0.25, 0.3) is 0 Å². The lowest BCUT2D eigenvalue weighted by atomic mass is 9.71. The van der Waals surface area contributed by atoms with Crippen molar-refractivity contribution >= 4 is 23.4 Å². The number of aliphatic hydroxyl groups is 1. The SMILES string of the molecule is COc1ccnc(N2CCC3(CC2)CC(O)CN(c2ncc(Cl)cc2F)C3)n1. The molecule has 4 rings (SSSR count). The molecule has 28 heavy (non-hydrogen) atoms. The maximum Gasteiger partial charge on any atom is 0.228 e. The number of piperidine rings is 2. The van der Waals surface area contributed by atoms with Gasteiger partial charge in [0.2, 0.25) is 11.8 Å². The van der Waals surface area contributed by atoms with Gasteiger partial charge in [-0.3, -0.25) is 0 Å². The third-order valence-corrected chi connectivity index (χ3v) is 5.85. The molecular weight excluding hydrogens is 385 g/mol. The number of hydrogen-bond donors (Lipinski definition) is 1. The highest BCUT2D eigenvalue weighted by atomic mass is 35.5. The summed E-state index contributed by atoms with van der Waals surface area (Å²) in [6.45, 7) is 2.56. The molecule has 2 aliphatic heterocycles. The first kappa shape index (κ1) is 19.1. The number of methoxy groups -OCH3 is 1. The first-order valence-corrected chi connectivity index (χ1v) is 9.72. The van der Waals surface area contributed by atoms with Crippen molar-refractivity contribution in [2.24, 2.45) is 5.41 Å². The Morgan fingerprint density at radius 3 is 2.79 bits per heavy atom. The van der Waals surface area contributed by atoms with Crippen molar-refractivity contribution in [3.63, 3.8) is 0 Å². The summed E-state index contributed by atoms with van der Waals surface area (Å²) in [4.78, 5) is 16.9. The molecule has 2 aromatic heterocycles. The molecule has 0 saturated carbocycles. The molecule has 0 aromatic carbocycles. The second kappa shape index (κ2) is 7.67. The summed E-state index contributed by atoms with van der Waals surface area (Å²) < 4.78 is 19.5. The van der Waals surface area contributed by atoms with E-state index in [9.17, 15) is 9.50 Å². The summed E-state index contributed by atoms with van der Waals surface area (Å²) in [6.07, 6.45) is 5.02. The minimum atomic E-state index is -0.523. The molecule has 1 atom stereocenters. The molecule has 9 heteroatoms. The quantitative estimate of drug-likeness (QED) is 0.837. The number of nitrogens with zero attached hydrogens (tertiary/aromatic N) is 5. The zero-order valence-electron chi connectivity index (χ0n) is 15.7. The minimum absolute atomic E-state index is 0.0964. The maximum absolute atomic E-state index is 14.4. The van der Waals surface area contributed by atoms with E-state index in [1.807, 2.05) is 4.90 Å². The van der Waals surface area contributed by atoms with Gasteiger partial charge in [0, 0.05) is 44.6 Å². The Labute approximate surface area is 168 Å². The van der Waals surface area contributed by atoms with E-state index in [1.165, 1.54) is 12.3 Å². The maximum atomic E-state index is 14.4. The second-order valence-electron chi connectivity index (χ2n) is 7.58.